The molecule has 0 radical (unpaired) electrons. The van der Waals surface area contributed by atoms with E-state index in [2.05, 4.69) is 5.32 Å². The Labute approximate surface area is 129 Å². The monoisotopic (exact) mass is 329 g/mol. The summed E-state index contributed by atoms with van der Waals surface area (Å²) in [7, 11) is -2.52. The van der Waals surface area contributed by atoms with E-state index < -0.39 is 10.0 Å². The van der Waals surface area contributed by atoms with Crippen molar-refractivity contribution in [2.24, 2.45) is 0 Å². The third kappa shape index (κ3) is 4.43. The zero-order valence-corrected chi connectivity index (χ0v) is 13.3. The first-order chi connectivity index (χ1) is 9.82. The normalized spacial score (nSPS) is 11.2. The van der Waals surface area contributed by atoms with Gasteiger partial charge in [-0.2, -0.15) is 9.57 Å². The van der Waals surface area contributed by atoms with Crippen molar-refractivity contribution in [2.45, 2.75) is 18.2 Å². The molecule has 114 valence electrons. The van der Waals surface area contributed by atoms with Crippen LogP contribution in [0.2, 0.25) is 5.02 Å². The molecule has 0 bridgehead atoms. The van der Waals surface area contributed by atoms with Crippen LogP contribution in [0.4, 0.5) is 0 Å². The zero-order valence-electron chi connectivity index (χ0n) is 11.8. The molecule has 0 aliphatic heterocycles. The van der Waals surface area contributed by atoms with E-state index in [9.17, 15) is 13.2 Å². The summed E-state index contributed by atoms with van der Waals surface area (Å²) in [6.07, 6.45) is 0.771. The number of amides is 1. The van der Waals surface area contributed by atoms with E-state index in [1.165, 1.54) is 25.2 Å². The third-order valence-corrected chi connectivity index (χ3v) is 4.82. The van der Waals surface area contributed by atoms with Crippen molar-refractivity contribution in [2.75, 3.05) is 20.1 Å². The van der Waals surface area contributed by atoms with Crippen molar-refractivity contribution in [1.29, 1.82) is 5.26 Å². The molecule has 0 spiro atoms. The largest absolute Gasteiger partial charge is 0.355 e. The van der Waals surface area contributed by atoms with Crippen LogP contribution in [0.5, 0.6) is 0 Å². The zero-order chi connectivity index (χ0) is 16.0. The number of carbonyl (C=O) groups excluding carboxylic acids is 1. The average Bonchev–Trinajstić information content (AvgIpc) is 2.44. The van der Waals surface area contributed by atoms with Gasteiger partial charge in [0.15, 0.2) is 0 Å². The standard InChI is InChI=1S/C13H16ClN3O3S/c1-3-6-16-13(18)9-17(2)21(19,20)11-5-4-10(8-15)12(14)7-11/h4-5,7H,3,6,9H2,1-2H3,(H,16,18). The molecule has 21 heavy (non-hydrogen) atoms. The van der Waals surface area contributed by atoms with Crippen molar-refractivity contribution >= 4 is 27.5 Å². The van der Waals surface area contributed by atoms with Crippen molar-refractivity contribution in [3.63, 3.8) is 0 Å². The summed E-state index contributed by atoms with van der Waals surface area (Å²) in [4.78, 5) is 11.5. The van der Waals surface area contributed by atoms with Gasteiger partial charge in [0.2, 0.25) is 15.9 Å². The van der Waals surface area contributed by atoms with Gasteiger partial charge in [-0.05, 0) is 24.6 Å². The van der Waals surface area contributed by atoms with Gasteiger partial charge >= 0.3 is 0 Å². The first-order valence-corrected chi connectivity index (χ1v) is 8.07. The summed E-state index contributed by atoms with van der Waals surface area (Å²) in [5.74, 6) is -0.373. The number of carbonyl (C=O) groups is 1. The summed E-state index contributed by atoms with van der Waals surface area (Å²) in [5.41, 5.74) is 0.193. The Morgan fingerprint density at radius 2 is 2.14 bits per heavy atom. The Morgan fingerprint density at radius 3 is 2.67 bits per heavy atom. The lowest BCUT2D eigenvalue weighted by molar-refractivity contribution is -0.121. The highest BCUT2D eigenvalue weighted by atomic mass is 35.5. The van der Waals surface area contributed by atoms with E-state index in [4.69, 9.17) is 16.9 Å². The van der Waals surface area contributed by atoms with Crippen LogP contribution in [-0.4, -0.2) is 38.8 Å². The van der Waals surface area contributed by atoms with Crippen molar-refractivity contribution in [3.05, 3.63) is 28.8 Å². The SMILES string of the molecule is CCCNC(=O)CN(C)S(=O)(=O)c1ccc(C#N)c(Cl)c1. The predicted molar refractivity (Wildman–Crippen MR) is 79.3 cm³/mol. The lowest BCUT2D eigenvalue weighted by Gasteiger charge is -2.17. The summed E-state index contributed by atoms with van der Waals surface area (Å²) in [6, 6.07) is 5.68. The molecule has 1 N–H and O–H groups in total. The smallest absolute Gasteiger partial charge is 0.243 e. The van der Waals surface area contributed by atoms with Gasteiger partial charge in [0.05, 0.1) is 22.0 Å². The molecular formula is C13H16ClN3O3S. The maximum Gasteiger partial charge on any atom is 0.243 e. The number of nitrogens with zero attached hydrogens (tertiary/aromatic N) is 2. The number of likely N-dealkylation sites (N-methyl/N-ethyl adjacent to an activating group) is 1. The van der Waals surface area contributed by atoms with E-state index in [0.29, 0.717) is 6.54 Å². The van der Waals surface area contributed by atoms with Crippen LogP contribution in [-0.2, 0) is 14.8 Å². The Hall–Kier alpha value is -1.62. The van der Waals surface area contributed by atoms with Crippen LogP contribution in [0, 0.1) is 11.3 Å². The van der Waals surface area contributed by atoms with Crippen LogP contribution >= 0.6 is 11.6 Å². The lowest BCUT2D eigenvalue weighted by Crippen LogP contribution is -2.38. The van der Waals surface area contributed by atoms with E-state index in [1.807, 2.05) is 13.0 Å². The summed E-state index contributed by atoms with van der Waals surface area (Å²) in [5, 5.41) is 11.4. The minimum Gasteiger partial charge on any atom is -0.355 e. The molecule has 1 aromatic rings. The van der Waals surface area contributed by atoms with E-state index in [1.54, 1.807) is 0 Å². The molecule has 0 heterocycles. The van der Waals surface area contributed by atoms with Gasteiger partial charge in [-0.1, -0.05) is 18.5 Å². The van der Waals surface area contributed by atoms with Gasteiger partial charge < -0.3 is 5.32 Å². The second kappa shape index (κ2) is 7.41. The molecule has 0 saturated carbocycles. The summed E-state index contributed by atoms with van der Waals surface area (Å²) >= 11 is 5.83. The molecule has 0 fully saturated rings. The number of nitriles is 1. The second-order valence-electron chi connectivity index (χ2n) is 4.36. The highest BCUT2D eigenvalue weighted by Gasteiger charge is 2.23. The first-order valence-electron chi connectivity index (χ1n) is 6.25. The quantitative estimate of drug-likeness (QED) is 0.853. The maximum atomic E-state index is 12.3. The fraction of sp³-hybridized carbons (Fsp3) is 0.385. The number of hydrogen-bond acceptors (Lipinski definition) is 4. The second-order valence-corrected chi connectivity index (χ2v) is 6.82. The van der Waals surface area contributed by atoms with Gasteiger partial charge in [-0.25, -0.2) is 8.42 Å². The number of nitrogens with one attached hydrogen (secondary N) is 1. The Morgan fingerprint density at radius 1 is 1.48 bits per heavy atom. The molecule has 8 heteroatoms. The maximum absolute atomic E-state index is 12.3. The molecule has 6 nitrogen and oxygen atoms in total. The van der Waals surface area contributed by atoms with E-state index in [0.717, 1.165) is 10.7 Å². The number of rotatable bonds is 6. The lowest BCUT2D eigenvalue weighted by atomic mass is 10.2. The molecule has 0 aliphatic rings. The van der Waals surface area contributed by atoms with E-state index >= 15 is 0 Å². The Kier molecular flexibility index (Phi) is 6.15. The van der Waals surface area contributed by atoms with E-state index in [-0.39, 0.29) is 27.9 Å². The van der Waals surface area contributed by atoms with Gasteiger partial charge in [-0.15, -0.1) is 0 Å². The molecule has 0 atom stereocenters. The number of benzene rings is 1. The fourth-order valence-electron chi connectivity index (χ4n) is 1.53. The molecular weight excluding hydrogens is 314 g/mol. The van der Waals surface area contributed by atoms with Gasteiger partial charge in [0.1, 0.15) is 6.07 Å². The van der Waals surface area contributed by atoms with Gasteiger partial charge in [0, 0.05) is 13.6 Å². The van der Waals surface area contributed by atoms with Crippen LogP contribution in [0.25, 0.3) is 0 Å². The molecule has 0 aromatic heterocycles. The van der Waals surface area contributed by atoms with Crippen LogP contribution in [0.15, 0.2) is 23.1 Å². The molecule has 0 aliphatic carbocycles. The molecule has 1 rings (SSSR count). The summed E-state index contributed by atoms with van der Waals surface area (Å²) < 4.78 is 25.5. The number of hydrogen-bond donors (Lipinski definition) is 1. The van der Waals surface area contributed by atoms with Gasteiger partial charge in [-0.3, -0.25) is 4.79 Å². The van der Waals surface area contributed by atoms with Crippen LogP contribution < -0.4 is 5.32 Å². The molecule has 0 saturated heterocycles. The Balaban J connectivity index is 2.92. The van der Waals surface area contributed by atoms with Crippen molar-refractivity contribution in [1.82, 2.24) is 9.62 Å². The molecule has 1 amide bonds. The highest BCUT2D eigenvalue weighted by molar-refractivity contribution is 7.89. The van der Waals surface area contributed by atoms with Crippen LogP contribution in [0.1, 0.15) is 18.9 Å². The summed E-state index contributed by atoms with van der Waals surface area (Å²) in [6.45, 7) is 2.12. The number of sulfonamides is 1. The third-order valence-electron chi connectivity index (χ3n) is 2.71. The predicted octanol–water partition coefficient (Wildman–Crippen LogP) is 1.36. The minimum atomic E-state index is -3.83. The topological polar surface area (TPSA) is 90.3 Å². The fourth-order valence-corrected chi connectivity index (χ4v) is 2.98. The van der Waals surface area contributed by atoms with Gasteiger partial charge in [0.25, 0.3) is 0 Å². The highest BCUT2D eigenvalue weighted by Crippen LogP contribution is 2.22. The average molecular weight is 330 g/mol. The first kappa shape index (κ1) is 17.4. The Bertz CT molecular complexity index is 668. The van der Waals surface area contributed by atoms with Crippen LogP contribution in [0.3, 0.4) is 0 Å². The molecule has 0 unspecified atom stereocenters. The minimum absolute atomic E-state index is 0.0578. The molecule has 1 aromatic carbocycles. The van der Waals surface area contributed by atoms with Crippen molar-refractivity contribution < 1.29 is 13.2 Å². The van der Waals surface area contributed by atoms with Crippen molar-refractivity contribution in [3.8, 4) is 6.07 Å². The number of halogens is 1.